The lowest BCUT2D eigenvalue weighted by atomic mass is 10.0. The molecule has 1 amide bonds. The predicted molar refractivity (Wildman–Crippen MR) is 124 cm³/mol. The monoisotopic (exact) mass is 468 g/mol. The van der Waals surface area contributed by atoms with Crippen LogP contribution in [0.2, 0.25) is 0 Å². The predicted octanol–water partition coefficient (Wildman–Crippen LogP) is 1.97. The van der Waals surface area contributed by atoms with Crippen molar-refractivity contribution < 1.29 is 13.2 Å². The maximum atomic E-state index is 13.4. The molecule has 9 nitrogen and oxygen atoms in total. The van der Waals surface area contributed by atoms with E-state index >= 15 is 0 Å². The Morgan fingerprint density at radius 3 is 2.09 bits per heavy atom. The highest BCUT2D eigenvalue weighted by Crippen LogP contribution is 2.29. The third-order valence-electron chi connectivity index (χ3n) is 6.39. The van der Waals surface area contributed by atoms with Crippen LogP contribution in [-0.4, -0.2) is 69.9 Å². The zero-order chi connectivity index (χ0) is 23.8. The summed E-state index contributed by atoms with van der Waals surface area (Å²) in [6, 6.07) is 9.49. The van der Waals surface area contributed by atoms with Crippen LogP contribution in [0, 0.1) is 27.7 Å². The van der Waals surface area contributed by atoms with Gasteiger partial charge in [0.2, 0.25) is 15.9 Å². The van der Waals surface area contributed by atoms with Crippen molar-refractivity contribution in [1.29, 1.82) is 0 Å². The molecule has 0 aliphatic carbocycles. The number of nitrogens with zero attached hydrogens (tertiary/aromatic N) is 6. The topological polar surface area (TPSA) is 101 Å². The smallest absolute Gasteiger partial charge is 0.243 e. The summed E-state index contributed by atoms with van der Waals surface area (Å²) in [7, 11) is -3.63. The van der Waals surface area contributed by atoms with Crippen molar-refractivity contribution in [2.24, 2.45) is 0 Å². The van der Waals surface area contributed by atoms with Crippen LogP contribution in [0.5, 0.6) is 0 Å². The molecule has 0 bridgehead atoms. The van der Waals surface area contributed by atoms with E-state index in [-0.39, 0.29) is 25.4 Å². The first-order chi connectivity index (χ1) is 15.7. The standard InChI is InChI=1S/C23H28N6O3S/c1-16-13-17(2)19(4)23(18(16)3)33(31,32)28-11-9-27(10-12-28)22(30)14-20-5-7-21(8-6-20)29-15-24-25-26-29/h5-8,13,15H,9-12,14H2,1-4H3. The van der Waals surface area contributed by atoms with Gasteiger partial charge in [0.05, 0.1) is 17.0 Å². The normalized spacial score (nSPS) is 15.1. The van der Waals surface area contributed by atoms with E-state index in [0.29, 0.717) is 18.0 Å². The Morgan fingerprint density at radius 1 is 0.939 bits per heavy atom. The second-order valence-corrected chi connectivity index (χ2v) is 10.3. The maximum absolute atomic E-state index is 13.4. The summed E-state index contributed by atoms with van der Waals surface area (Å²) in [5.74, 6) is -0.0130. The van der Waals surface area contributed by atoms with Crippen LogP contribution in [0.25, 0.3) is 5.69 Å². The Kier molecular flexibility index (Phi) is 6.31. The number of tetrazole rings is 1. The van der Waals surface area contributed by atoms with Gasteiger partial charge in [-0.3, -0.25) is 4.79 Å². The summed E-state index contributed by atoms with van der Waals surface area (Å²) in [4.78, 5) is 15.0. The van der Waals surface area contributed by atoms with Gasteiger partial charge in [-0.25, -0.2) is 13.1 Å². The van der Waals surface area contributed by atoms with E-state index in [9.17, 15) is 13.2 Å². The summed E-state index contributed by atoms with van der Waals surface area (Å²) >= 11 is 0. The summed E-state index contributed by atoms with van der Waals surface area (Å²) < 4.78 is 29.9. The molecule has 10 heteroatoms. The largest absolute Gasteiger partial charge is 0.340 e. The van der Waals surface area contributed by atoms with Crippen molar-refractivity contribution in [2.75, 3.05) is 26.2 Å². The van der Waals surface area contributed by atoms with Crippen molar-refractivity contribution in [1.82, 2.24) is 29.4 Å². The third-order valence-corrected chi connectivity index (χ3v) is 8.56. The highest BCUT2D eigenvalue weighted by atomic mass is 32.2. The zero-order valence-electron chi connectivity index (χ0n) is 19.3. The van der Waals surface area contributed by atoms with Crippen LogP contribution in [-0.2, 0) is 21.2 Å². The lowest BCUT2D eigenvalue weighted by molar-refractivity contribution is -0.131. The third kappa shape index (κ3) is 4.53. The van der Waals surface area contributed by atoms with Gasteiger partial charge in [0.15, 0.2) is 0 Å². The van der Waals surface area contributed by atoms with Crippen molar-refractivity contribution in [3.8, 4) is 5.69 Å². The van der Waals surface area contributed by atoms with Gasteiger partial charge >= 0.3 is 0 Å². The van der Waals surface area contributed by atoms with Crippen LogP contribution in [0.15, 0.2) is 41.6 Å². The summed E-state index contributed by atoms with van der Waals surface area (Å²) in [5, 5.41) is 11.1. The van der Waals surface area contributed by atoms with Crippen LogP contribution >= 0.6 is 0 Å². The minimum Gasteiger partial charge on any atom is -0.340 e. The summed E-state index contributed by atoms with van der Waals surface area (Å²) in [6.07, 6.45) is 1.77. The van der Waals surface area contributed by atoms with Crippen molar-refractivity contribution in [3.05, 3.63) is 64.5 Å². The quantitative estimate of drug-likeness (QED) is 0.567. The van der Waals surface area contributed by atoms with Gasteiger partial charge in [0, 0.05) is 26.2 Å². The van der Waals surface area contributed by atoms with Gasteiger partial charge in [-0.2, -0.15) is 4.31 Å². The van der Waals surface area contributed by atoms with Crippen molar-refractivity contribution >= 4 is 15.9 Å². The molecule has 2 aromatic carbocycles. The molecule has 0 spiro atoms. The number of carbonyl (C=O) groups excluding carboxylic acids is 1. The number of sulfonamides is 1. The molecule has 1 aliphatic heterocycles. The molecule has 1 fully saturated rings. The van der Waals surface area contributed by atoms with Gasteiger partial charge in [0.25, 0.3) is 0 Å². The molecule has 1 aromatic heterocycles. The number of piperazine rings is 1. The van der Waals surface area contributed by atoms with E-state index in [1.807, 2.05) is 58.0 Å². The fourth-order valence-corrected chi connectivity index (χ4v) is 6.21. The molecule has 3 aromatic rings. The second kappa shape index (κ2) is 9.03. The lowest BCUT2D eigenvalue weighted by Gasteiger charge is -2.35. The Morgan fingerprint density at radius 2 is 1.55 bits per heavy atom. The fraction of sp³-hybridized carbons (Fsp3) is 0.391. The van der Waals surface area contributed by atoms with Crippen molar-refractivity contribution in [3.63, 3.8) is 0 Å². The molecule has 1 aliphatic rings. The maximum Gasteiger partial charge on any atom is 0.243 e. The molecule has 0 saturated carbocycles. The van der Waals surface area contributed by atoms with E-state index in [1.165, 1.54) is 10.6 Å². The zero-order valence-corrected chi connectivity index (χ0v) is 20.1. The highest BCUT2D eigenvalue weighted by molar-refractivity contribution is 7.89. The van der Waals surface area contributed by atoms with E-state index in [2.05, 4.69) is 15.5 Å². The first-order valence-corrected chi connectivity index (χ1v) is 12.3. The van der Waals surface area contributed by atoms with Crippen molar-refractivity contribution in [2.45, 2.75) is 39.0 Å². The number of amides is 1. The molecule has 0 unspecified atom stereocenters. The molecule has 2 heterocycles. The number of hydrogen-bond donors (Lipinski definition) is 0. The Labute approximate surface area is 194 Å². The van der Waals surface area contributed by atoms with Gasteiger partial charge < -0.3 is 4.90 Å². The van der Waals surface area contributed by atoms with E-state index < -0.39 is 10.0 Å². The molecule has 1 saturated heterocycles. The summed E-state index contributed by atoms with van der Waals surface area (Å²) in [5.41, 5.74) is 5.22. The van der Waals surface area contributed by atoms with Gasteiger partial charge in [-0.15, -0.1) is 5.10 Å². The molecule has 4 rings (SSSR count). The Hall–Kier alpha value is -3.11. The molecular formula is C23H28N6O3S. The molecular weight excluding hydrogens is 440 g/mol. The highest BCUT2D eigenvalue weighted by Gasteiger charge is 2.32. The Bertz CT molecular complexity index is 1240. The van der Waals surface area contributed by atoms with Crippen LogP contribution < -0.4 is 0 Å². The first kappa shape index (κ1) is 23.1. The van der Waals surface area contributed by atoms with Gasteiger partial charge in [-0.05, 0) is 78.1 Å². The number of hydrogen-bond acceptors (Lipinski definition) is 6. The molecule has 33 heavy (non-hydrogen) atoms. The number of aromatic nitrogens is 4. The van der Waals surface area contributed by atoms with Gasteiger partial charge in [0.1, 0.15) is 6.33 Å². The number of rotatable bonds is 5. The lowest BCUT2D eigenvalue weighted by Crippen LogP contribution is -2.51. The molecule has 0 atom stereocenters. The van der Waals surface area contributed by atoms with Crippen LogP contribution in [0.4, 0.5) is 0 Å². The number of carbonyl (C=O) groups is 1. The number of aryl methyl sites for hydroxylation is 2. The molecule has 0 N–H and O–H groups in total. The minimum atomic E-state index is -3.63. The van der Waals surface area contributed by atoms with E-state index in [4.69, 9.17) is 0 Å². The SMILES string of the molecule is Cc1cc(C)c(C)c(S(=O)(=O)N2CCN(C(=O)Cc3ccc(-n4cnnn4)cc3)CC2)c1C. The first-order valence-electron chi connectivity index (χ1n) is 10.9. The second-order valence-electron chi connectivity index (χ2n) is 8.47. The number of benzene rings is 2. The van der Waals surface area contributed by atoms with Crippen LogP contribution in [0.3, 0.4) is 0 Å². The minimum absolute atomic E-state index is 0.0130. The van der Waals surface area contributed by atoms with E-state index in [0.717, 1.165) is 33.5 Å². The molecule has 174 valence electrons. The van der Waals surface area contributed by atoms with Gasteiger partial charge in [-0.1, -0.05) is 18.2 Å². The Balaban J connectivity index is 1.41. The average molecular weight is 469 g/mol. The van der Waals surface area contributed by atoms with Crippen LogP contribution in [0.1, 0.15) is 27.8 Å². The average Bonchev–Trinajstić information content (AvgIpc) is 3.33. The van der Waals surface area contributed by atoms with E-state index in [1.54, 1.807) is 9.58 Å². The summed E-state index contributed by atoms with van der Waals surface area (Å²) in [6.45, 7) is 8.93. The fourth-order valence-electron chi connectivity index (χ4n) is 4.21. The molecule has 0 radical (unpaired) electrons.